The van der Waals surface area contributed by atoms with Gasteiger partial charge in [0.05, 0.1) is 0 Å². The number of carbonyl (C=O) groups is 1. The third-order valence-electron chi connectivity index (χ3n) is 4.12. The number of hydrogen-bond donors (Lipinski definition) is 2. The first-order valence-electron chi connectivity index (χ1n) is 6.30. The molecule has 3 nitrogen and oxygen atoms in total. The van der Waals surface area contributed by atoms with Crippen LogP contribution in [0.5, 0.6) is 0 Å². The van der Waals surface area contributed by atoms with Crippen molar-refractivity contribution in [3.63, 3.8) is 0 Å². The van der Waals surface area contributed by atoms with E-state index in [1.54, 1.807) is 0 Å². The van der Waals surface area contributed by atoms with E-state index < -0.39 is 0 Å². The van der Waals surface area contributed by atoms with Gasteiger partial charge in [-0.3, -0.25) is 4.79 Å². The number of benzene rings is 1. The highest BCUT2D eigenvalue weighted by molar-refractivity contribution is 5.93. The van der Waals surface area contributed by atoms with Crippen molar-refractivity contribution in [2.75, 3.05) is 11.1 Å². The fraction of sp³-hybridized carbons (Fsp3) is 0.500. The summed E-state index contributed by atoms with van der Waals surface area (Å²) in [6, 6.07) is 5.61. The van der Waals surface area contributed by atoms with Crippen LogP contribution in [0, 0.1) is 24.7 Å². The van der Waals surface area contributed by atoms with Crippen molar-refractivity contribution in [1.82, 2.24) is 0 Å². The molecule has 3 N–H and O–H groups in total. The Labute approximate surface area is 101 Å². The van der Waals surface area contributed by atoms with Gasteiger partial charge in [-0.2, -0.15) is 0 Å². The lowest BCUT2D eigenvalue weighted by Crippen LogP contribution is -2.22. The number of amides is 1. The summed E-state index contributed by atoms with van der Waals surface area (Å²) in [6.07, 6.45) is 3.53. The van der Waals surface area contributed by atoms with E-state index in [2.05, 4.69) is 5.32 Å². The van der Waals surface area contributed by atoms with Gasteiger partial charge in [0, 0.05) is 17.3 Å². The summed E-state index contributed by atoms with van der Waals surface area (Å²) in [5.74, 6) is 2.11. The van der Waals surface area contributed by atoms with Crippen molar-refractivity contribution in [1.29, 1.82) is 0 Å². The monoisotopic (exact) mass is 230 g/mol. The molecule has 2 saturated carbocycles. The normalized spacial score (nSPS) is 29.8. The molecule has 3 rings (SSSR count). The Bertz CT molecular complexity index is 459. The Kier molecular flexibility index (Phi) is 2.35. The van der Waals surface area contributed by atoms with Crippen LogP contribution >= 0.6 is 0 Å². The molecule has 3 heteroatoms. The molecule has 2 aliphatic rings. The third kappa shape index (κ3) is 2.02. The summed E-state index contributed by atoms with van der Waals surface area (Å²) < 4.78 is 0. The molecule has 17 heavy (non-hydrogen) atoms. The average molecular weight is 230 g/mol. The first-order chi connectivity index (χ1) is 8.13. The minimum Gasteiger partial charge on any atom is -0.399 e. The van der Waals surface area contributed by atoms with Gasteiger partial charge in [0.25, 0.3) is 0 Å². The van der Waals surface area contributed by atoms with Gasteiger partial charge in [-0.05, 0) is 61.8 Å². The molecule has 1 aromatic carbocycles. The number of fused-ring (bicyclic) bond motifs is 1. The van der Waals surface area contributed by atoms with Gasteiger partial charge in [-0.25, -0.2) is 0 Å². The van der Waals surface area contributed by atoms with E-state index in [0.29, 0.717) is 0 Å². The minimum atomic E-state index is 0.185. The van der Waals surface area contributed by atoms with E-state index in [-0.39, 0.29) is 11.8 Å². The Balaban J connectivity index is 1.67. The highest BCUT2D eigenvalue weighted by Gasteiger charge is 2.47. The largest absolute Gasteiger partial charge is 0.399 e. The second-order valence-electron chi connectivity index (χ2n) is 5.49. The molecule has 0 radical (unpaired) electrons. The highest BCUT2D eigenvalue weighted by atomic mass is 16.1. The van der Waals surface area contributed by atoms with Gasteiger partial charge in [-0.1, -0.05) is 0 Å². The second kappa shape index (κ2) is 3.76. The van der Waals surface area contributed by atoms with Crippen LogP contribution in [0.1, 0.15) is 24.8 Å². The molecular formula is C14H18N2O. The van der Waals surface area contributed by atoms with Crippen LogP contribution < -0.4 is 11.1 Å². The lowest BCUT2D eigenvalue weighted by atomic mass is 10.0. The molecule has 0 aliphatic heterocycles. The molecular weight excluding hydrogens is 212 g/mol. The topological polar surface area (TPSA) is 55.1 Å². The Morgan fingerprint density at radius 1 is 1.29 bits per heavy atom. The molecule has 1 aromatic rings. The van der Waals surface area contributed by atoms with Crippen LogP contribution in [0.15, 0.2) is 18.2 Å². The maximum absolute atomic E-state index is 12.1. The number of nitrogens with two attached hydrogens (primary N) is 1. The average Bonchev–Trinajstić information content (AvgIpc) is 2.89. The summed E-state index contributed by atoms with van der Waals surface area (Å²) in [4.78, 5) is 12.1. The standard InChI is InChI=1S/C14H18N2O/c1-8-4-12(15)2-3-13(8)16-14(17)11-6-9-5-10(9)7-11/h2-4,9-11H,5-7,15H2,1H3,(H,16,17). The van der Waals surface area contributed by atoms with Gasteiger partial charge < -0.3 is 11.1 Å². The number of anilines is 2. The SMILES string of the molecule is Cc1cc(N)ccc1NC(=O)C1CC2CC2C1. The Morgan fingerprint density at radius 2 is 2.00 bits per heavy atom. The number of rotatable bonds is 2. The fourth-order valence-corrected chi connectivity index (χ4v) is 2.99. The van der Waals surface area contributed by atoms with Crippen molar-refractivity contribution in [3.05, 3.63) is 23.8 Å². The highest BCUT2D eigenvalue weighted by Crippen LogP contribution is 2.54. The molecule has 0 aromatic heterocycles. The van der Waals surface area contributed by atoms with Crippen LogP contribution in [-0.4, -0.2) is 5.91 Å². The smallest absolute Gasteiger partial charge is 0.227 e. The van der Waals surface area contributed by atoms with Crippen molar-refractivity contribution in [2.24, 2.45) is 17.8 Å². The van der Waals surface area contributed by atoms with Crippen molar-refractivity contribution < 1.29 is 4.79 Å². The van der Waals surface area contributed by atoms with Crippen LogP contribution in [-0.2, 0) is 4.79 Å². The van der Waals surface area contributed by atoms with Crippen LogP contribution in [0.4, 0.5) is 11.4 Å². The van der Waals surface area contributed by atoms with Gasteiger partial charge in [0.1, 0.15) is 0 Å². The van der Waals surface area contributed by atoms with Gasteiger partial charge in [0.15, 0.2) is 0 Å². The quantitative estimate of drug-likeness (QED) is 0.767. The molecule has 2 fully saturated rings. The number of nitrogens with one attached hydrogen (secondary N) is 1. The Morgan fingerprint density at radius 3 is 2.65 bits per heavy atom. The van der Waals surface area contributed by atoms with Crippen LogP contribution in [0.3, 0.4) is 0 Å². The predicted molar refractivity (Wildman–Crippen MR) is 68.5 cm³/mol. The molecule has 90 valence electrons. The first-order valence-corrected chi connectivity index (χ1v) is 6.30. The van der Waals surface area contributed by atoms with E-state index in [1.165, 1.54) is 6.42 Å². The molecule has 0 spiro atoms. The summed E-state index contributed by atoms with van der Waals surface area (Å²) in [6.45, 7) is 1.97. The zero-order valence-electron chi connectivity index (χ0n) is 10.1. The second-order valence-corrected chi connectivity index (χ2v) is 5.49. The summed E-state index contributed by atoms with van der Waals surface area (Å²) in [7, 11) is 0. The van der Waals surface area contributed by atoms with E-state index in [1.807, 2.05) is 25.1 Å². The van der Waals surface area contributed by atoms with Gasteiger partial charge in [-0.15, -0.1) is 0 Å². The molecule has 2 aliphatic carbocycles. The lowest BCUT2D eigenvalue weighted by molar-refractivity contribution is -0.120. The lowest BCUT2D eigenvalue weighted by Gasteiger charge is -2.14. The Hall–Kier alpha value is -1.51. The molecule has 0 bridgehead atoms. The van der Waals surface area contributed by atoms with Crippen molar-refractivity contribution >= 4 is 17.3 Å². The fourth-order valence-electron chi connectivity index (χ4n) is 2.99. The van der Waals surface area contributed by atoms with Crippen molar-refractivity contribution in [3.8, 4) is 0 Å². The maximum Gasteiger partial charge on any atom is 0.227 e. The molecule has 0 heterocycles. The minimum absolute atomic E-state index is 0.185. The van der Waals surface area contributed by atoms with E-state index in [9.17, 15) is 4.79 Å². The summed E-state index contributed by atoms with van der Waals surface area (Å²) in [5.41, 5.74) is 8.35. The summed E-state index contributed by atoms with van der Waals surface area (Å²) in [5, 5.41) is 3.03. The summed E-state index contributed by atoms with van der Waals surface area (Å²) >= 11 is 0. The number of aryl methyl sites for hydroxylation is 1. The van der Waals surface area contributed by atoms with E-state index >= 15 is 0 Å². The maximum atomic E-state index is 12.1. The molecule has 2 unspecified atom stereocenters. The molecule has 0 saturated heterocycles. The molecule has 1 amide bonds. The van der Waals surface area contributed by atoms with Gasteiger partial charge >= 0.3 is 0 Å². The van der Waals surface area contributed by atoms with E-state index in [4.69, 9.17) is 5.73 Å². The van der Waals surface area contributed by atoms with Crippen LogP contribution in [0.25, 0.3) is 0 Å². The number of hydrogen-bond acceptors (Lipinski definition) is 2. The number of carbonyl (C=O) groups excluding carboxylic acids is 1. The zero-order chi connectivity index (χ0) is 12.0. The van der Waals surface area contributed by atoms with E-state index in [0.717, 1.165) is 41.6 Å². The van der Waals surface area contributed by atoms with Crippen LogP contribution in [0.2, 0.25) is 0 Å². The first kappa shape index (κ1) is 10.6. The zero-order valence-corrected chi connectivity index (χ0v) is 10.1. The third-order valence-corrected chi connectivity index (χ3v) is 4.12. The van der Waals surface area contributed by atoms with Gasteiger partial charge in [0.2, 0.25) is 5.91 Å². The predicted octanol–water partition coefficient (Wildman–Crippen LogP) is 2.56. The van der Waals surface area contributed by atoms with Crippen molar-refractivity contribution in [2.45, 2.75) is 26.2 Å². The number of nitrogen functional groups attached to an aromatic ring is 1. The molecule has 2 atom stereocenters.